The van der Waals surface area contributed by atoms with Gasteiger partial charge in [0.1, 0.15) is 0 Å². The average molecular weight is 183 g/mol. The third-order valence-electron chi connectivity index (χ3n) is 2.81. The Kier molecular flexibility index (Phi) is 3.07. The molecule has 74 valence electrons. The van der Waals surface area contributed by atoms with Crippen LogP contribution in [0.4, 0.5) is 0 Å². The van der Waals surface area contributed by atoms with Crippen molar-refractivity contribution in [3.05, 3.63) is 0 Å². The van der Waals surface area contributed by atoms with Gasteiger partial charge in [0.25, 0.3) is 5.91 Å². The van der Waals surface area contributed by atoms with Gasteiger partial charge in [0.05, 0.1) is 0 Å². The minimum atomic E-state index is -0.451. The second-order valence-corrected chi connectivity index (χ2v) is 4.26. The summed E-state index contributed by atoms with van der Waals surface area (Å²) in [5.74, 6) is -0.852. The largest absolute Gasteiger partial charge is 0.349 e. The second-order valence-electron chi connectivity index (χ2n) is 4.26. The molecule has 0 aromatic rings. The number of amides is 1. The zero-order valence-electron chi connectivity index (χ0n) is 8.35. The Labute approximate surface area is 78.9 Å². The first-order chi connectivity index (χ1) is 6.03. The summed E-state index contributed by atoms with van der Waals surface area (Å²) in [6, 6.07) is 0. The lowest BCUT2D eigenvalue weighted by atomic mass is 9.89. The van der Waals surface area contributed by atoms with E-state index in [0.717, 1.165) is 12.8 Å². The van der Waals surface area contributed by atoms with Crippen LogP contribution in [0.5, 0.6) is 0 Å². The molecule has 1 aliphatic rings. The summed E-state index contributed by atoms with van der Waals surface area (Å²) < 4.78 is 0. The Morgan fingerprint density at radius 3 is 2.31 bits per heavy atom. The monoisotopic (exact) mass is 183 g/mol. The molecule has 0 aromatic carbocycles. The Morgan fingerprint density at radius 2 is 1.85 bits per heavy atom. The standard InChI is InChI=1S/C10H17NO2/c1-8(12)9(13)11-7-10(2)5-3-4-6-10/h3-7H2,1-2H3,(H,11,13). The van der Waals surface area contributed by atoms with Gasteiger partial charge in [-0.1, -0.05) is 19.8 Å². The number of ketones is 1. The SMILES string of the molecule is CC(=O)C(=O)NCC1(C)CCCC1. The Hall–Kier alpha value is -0.860. The maximum atomic E-state index is 11.0. The van der Waals surface area contributed by atoms with Crippen LogP contribution in [0, 0.1) is 5.41 Å². The molecular formula is C10H17NO2. The van der Waals surface area contributed by atoms with E-state index in [1.807, 2.05) is 0 Å². The van der Waals surface area contributed by atoms with E-state index in [2.05, 4.69) is 12.2 Å². The molecule has 1 aliphatic carbocycles. The van der Waals surface area contributed by atoms with Crippen LogP contribution in [-0.4, -0.2) is 18.2 Å². The highest BCUT2D eigenvalue weighted by molar-refractivity contribution is 6.35. The van der Waals surface area contributed by atoms with Crippen molar-refractivity contribution >= 4 is 11.7 Å². The molecule has 0 heterocycles. The Bertz CT molecular complexity index is 217. The van der Waals surface area contributed by atoms with Crippen LogP contribution in [-0.2, 0) is 9.59 Å². The second kappa shape index (κ2) is 3.90. The fraction of sp³-hybridized carbons (Fsp3) is 0.800. The van der Waals surface area contributed by atoms with Gasteiger partial charge in [-0.15, -0.1) is 0 Å². The van der Waals surface area contributed by atoms with E-state index in [1.165, 1.54) is 19.8 Å². The number of rotatable bonds is 3. The molecule has 1 N–H and O–H groups in total. The van der Waals surface area contributed by atoms with Crippen LogP contribution in [0.15, 0.2) is 0 Å². The zero-order chi connectivity index (χ0) is 9.90. The maximum absolute atomic E-state index is 11.0. The molecule has 0 bridgehead atoms. The molecule has 1 amide bonds. The van der Waals surface area contributed by atoms with Crippen molar-refractivity contribution < 1.29 is 9.59 Å². The van der Waals surface area contributed by atoms with Gasteiger partial charge in [-0.05, 0) is 18.3 Å². The summed E-state index contributed by atoms with van der Waals surface area (Å²) >= 11 is 0. The molecule has 3 heteroatoms. The predicted octanol–water partition coefficient (Wildman–Crippen LogP) is 1.27. The van der Waals surface area contributed by atoms with Gasteiger partial charge in [0.2, 0.25) is 5.78 Å². The van der Waals surface area contributed by atoms with Gasteiger partial charge >= 0.3 is 0 Å². The van der Waals surface area contributed by atoms with E-state index >= 15 is 0 Å². The lowest BCUT2D eigenvalue weighted by molar-refractivity contribution is -0.136. The molecule has 0 aromatic heterocycles. The molecular weight excluding hydrogens is 166 g/mol. The summed E-state index contributed by atoms with van der Waals surface area (Å²) in [4.78, 5) is 21.6. The van der Waals surface area contributed by atoms with E-state index in [4.69, 9.17) is 0 Å². The third kappa shape index (κ3) is 2.83. The van der Waals surface area contributed by atoms with E-state index in [9.17, 15) is 9.59 Å². The van der Waals surface area contributed by atoms with Crippen LogP contribution < -0.4 is 5.32 Å². The fourth-order valence-electron chi connectivity index (χ4n) is 1.82. The van der Waals surface area contributed by atoms with Crippen molar-refractivity contribution in [3.63, 3.8) is 0 Å². The maximum Gasteiger partial charge on any atom is 0.287 e. The van der Waals surface area contributed by atoms with Crippen molar-refractivity contribution in [2.75, 3.05) is 6.54 Å². The van der Waals surface area contributed by atoms with E-state index in [-0.39, 0.29) is 5.41 Å². The molecule has 3 nitrogen and oxygen atoms in total. The van der Waals surface area contributed by atoms with Crippen LogP contribution >= 0.6 is 0 Å². The summed E-state index contributed by atoms with van der Waals surface area (Å²) in [7, 11) is 0. The molecule has 0 aliphatic heterocycles. The van der Waals surface area contributed by atoms with Crippen molar-refractivity contribution in [1.29, 1.82) is 0 Å². The average Bonchev–Trinajstić information content (AvgIpc) is 2.48. The highest BCUT2D eigenvalue weighted by Crippen LogP contribution is 2.36. The lowest BCUT2D eigenvalue weighted by Crippen LogP contribution is -2.37. The summed E-state index contributed by atoms with van der Waals surface area (Å²) in [6.45, 7) is 4.11. The van der Waals surface area contributed by atoms with Gasteiger partial charge in [-0.2, -0.15) is 0 Å². The number of nitrogens with one attached hydrogen (secondary N) is 1. The van der Waals surface area contributed by atoms with Gasteiger partial charge in [-0.3, -0.25) is 9.59 Å². The van der Waals surface area contributed by atoms with Gasteiger partial charge in [0.15, 0.2) is 0 Å². The quantitative estimate of drug-likeness (QED) is 0.670. The first-order valence-corrected chi connectivity index (χ1v) is 4.82. The molecule has 1 rings (SSSR count). The molecule has 0 atom stereocenters. The lowest BCUT2D eigenvalue weighted by Gasteiger charge is -2.23. The Balaban J connectivity index is 2.33. The minimum absolute atomic E-state index is 0.227. The fourth-order valence-corrected chi connectivity index (χ4v) is 1.82. The van der Waals surface area contributed by atoms with Gasteiger partial charge in [0, 0.05) is 13.5 Å². The number of hydrogen-bond acceptors (Lipinski definition) is 2. The number of Topliss-reactive ketones (excluding diaryl/α,β-unsaturated/α-hetero) is 1. The summed E-state index contributed by atoms with van der Waals surface area (Å²) in [5.41, 5.74) is 0.227. The molecule has 0 radical (unpaired) electrons. The first-order valence-electron chi connectivity index (χ1n) is 4.82. The number of carbonyl (C=O) groups excluding carboxylic acids is 2. The number of carbonyl (C=O) groups is 2. The van der Waals surface area contributed by atoms with E-state index in [0.29, 0.717) is 6.54 Å². The smallest absolute Gasteiger partial charge is 0.287 e. The van der Waals surface area contributed by atoms with Crippen molar-refractivity contribution in [2.24, 2.45) is 5.41 Å². The van der Waals surface area contributed by atoms with Gasteiger partial charge < -0.3 is 5.32 Å². The van der Waals surface area contributed by atoms with Crippen molar-refractivity contribution in [2.45, 2.75) is 39.5 Å². The molecule has 13 heavy (non-hydrogen) atoms. The predicted molar refractivity (Wildman–Crippen MR) is 50.3 cm³/mol. The highest BCUT2D eigenvalue weighted by atomic mass is 16.2. The van der Waals surface area contributed by atoms with E-state index in [1.54, 1.807) is 0 Å². The molecule has 1 fully saturated rings. The molecule has 0 saturated heterocycles. The van der Waals surface area contributed by atoms with Crippen LogP contribution in [0.1, 0.15) is 39.5 Å². The summed E-state index contributed by atoms with van der Waals surface area (Å²) in [5, 5.41) is 2.68. The van der Waals surface area contributed by atoms with Crippen molar-refractivity contribution in [3.8, 4) is 0 Å². The molecule has 0 unspecified atom stereocenters. The topological polar surface area (TPSA) is 46.2 Å². The normalized spacial score (nSPS) is 19.8. The first kappa shape index (κ1) is 10.2. The molecule has 1 saturated carbocycles. The molecule has 0 spiro atoms. The van der Waals surface area contributed by atoms with Crippen LogP contribution in [0.25, 0.3) is 0 Å². The van der Waals surface area contributed by atoms with Crippen molar-refractivity contribution in [1.82, 2.24) is 5.32 Å². The highest BCUT2D eigenvalue weighted by Gasteiger charge is 2.29. The van der Waals surface area contributed by atoms with Gasteiger partial charge in [-0.25, -0.2) is 0 Å². The zero-order valence-corrected chi connectivity index (χ0v) is 8.35. The summed E-state index contributed by atoms with van der Waals surface area (Å²) in [6.07, 6.45) is 4.80. The number of hydrogen-bond donors (Lipinski definition) is 1. The third-order valence-corrected chi connectivity index (χ3v) is 2.81. The van der Waals surface area contributed by atoms with Crippen LogP contribution in [0.2, 0.25) is 0 Å². The van der Waals surface area contributed by atoms with Crippen LogP contribution in [0.3, 0.4) is 0 Å². The Morgan fingerprint density at radius 1 is 1.31 bits per heavy atom. The van der Waals surface area contributed by atoms with E-state index < -0.39 is 11.7 Å². The minimum Gasteiger partial charge on any atom is -0.349 e.